The first-order valence-electron chi connectivity index (χ1n) is 10.8. The summed E-state index contributed by atoms with van der Waals surface area (Å²) in [6.45, 7) is 0.306. The zero-order valence-corrected chi connectivity index (χ0v) is 20.0. The molecule has 35 heavy (non-hydrogen) atoms. The Bertz CT molecular complexity index is 1210. The van der Waals surface area contributed by atoms with Crippen molar-refractivity contribution in [3.63, 3.8) is 0 Å². The normalized spacial score (nSPS) is 16.4. The molecule has 0 aliphatic carbocycles. The molecule has 1 heterocycles. The number of ether oxygens (including phenoxy) is 2. The van der Waals surface area contributed by atoms with Gasteiger partial charge in [0.1, 0.15) is 22.6 Å². The minimum absolute atomic E-state index is 0.0401. The molecule has 0 aromatic heterocycles. The van der Waals surface area contributed by atoms with Crippen molar-refractivity contribution in [3.8, 4) is 11.5 Å². The molecule has 180 valence electrons. The first-order valence-corrected chi connectivity index (χ1v) is 11.7. The number of rotatable bonds is 8. The van der Waals surface area contributed by atoms with Gasteiger partial charge < -0.3 is 14.8 Å². The molecule has 0 radical (unpaired) electrons. The molecule has 0 saturated carbocycles. The van der Waals surface area contributed by atoms with Crippen LogP contribution in [-0.2, 0) is 16.1 Å². The van der Waals surface area contributed by atoms with Crippen LogP contribution in [0, 0.1) is 5.82 Å². The minimum atomic E-state index is -0.634. The number of halogens is 1. The number of anilines is 1. The topological polar surface area (TPSA) is 80.2 Å². The summed E-state index contributed by atoms with van der Waals surface area (Å²) in [7, 11) is 3.18. The number of benzene rings is 3. The first kappa shape index (κ1) is 24.3. The smallest absolute Gasteiger partial charge is 0.242 e. The number of nitrogens with one attached hydrogen (secondary N) is 1. The van der Waals surface area contributed by atoms with Gasteiger partial charge in [0.2, 0.25) is 11.8 Å². The van der Waals surface area contributed by atoms with Gasteiger partial charge in [0, 0.05) is 12.1 Å². The third-order valence-electron chi connectivity index (χ3n) is 5.32. The molecule has 1 fully saturated rings. The highest BCUT2D eigenvalue weighted by atomic mass is 32.2. The highest BCUT2D eigenvalue weighted by Gasteiger charge is 2.39. The molecule has 3 aromatic carbocycles. The van der Waals surface area contributed by atoms with Crippen molar-refractivity contribution in [2.24, 2.45) is 4.99 Å². The Balaban J connectivity index is 1.54. The molecule has 1 aliphatic heterocycles. The van der Waals surface area contributed by atoms with Crippen LogP contribution in [0.25, 0.3) is 0 Å². The fraction of sp³-hybridized carbons (Fsp3) is 0.192. The first-order chi connectivity index (χ1) is 16.9. The molecular weight excluding hydrogens is 469 g/mol. The largest absolute Gasteiger partial charge is 0.497 e. The fourth-order valence-corrected chi connectivity index (χ4v) is 4.62. The zero-order valence-electron chi connectivity index (χ0n) is 19.2. The Labute approximate surface area is 207 Å². The van der Waals surface area contributed by atoms with Crippen LogP contribution >= 0.6 is 11.8 Å². The van der Waals surface area contributed by atoms with Gasteiger partial charge in [0.15, 0.2) is 5.17 Å². The molecule has 1 aliphatic rings. The molecule has 2 amide bonds. The number of thioether (sulfide) groups is 1. The maximum absolute atomic E-state index is 13.3. The van der Waals surface area contributed by atoms with E-state index in [1.807, 2.05) is 24.3 Å². The van der Waals surface area contributed by atoms with Gasteiger partial charge in [-0.3, -0.25) is 14.5 Å². The quantitative estimate of drug-likeness (QED) is 0.478. The second-order valence-corrected chi connectivity index (χ2v) is 8.90. The number of hydrogen-bond donors (Lipinski definition) is 1. The molecule has 1 atom stereocenters. The van der Waals surface area contributed by atoms with Crippen LogP contribution in [0.3, 0.4) is 0 Å². The molecule has 9 heteroatoms. The van der Waals surface area contributed by atoms with Crippen molar-refractivity contribution in [1.82, 2.24) is 4.90 Å². The number of amidine groups is 1. The van der Waals surface area contributed by atoms with Crippen molar-refractivity contribution in [1.29, 1.82) is 0 Å². The lowest BCUT2D eigenvalue weighted by Crippen LogP contribution is -2.33. The van der Waals surface area contributed by atoms with Gasteiger partial charge in [-0.2, -0.15) is 0 Å². The predicted molar refractivity (Wildman–Crippen MR) is 135 cm³/mol. The number of amides is 2. The summed E-state index contributed by atoms with van der Waals surface area (Å²) in [5.41, 5.74) is 2.03. The Hall–Kier alpha value is -3.85. The third kappa shape index (κ3) is 6.19. The van der Waals surface area contributed by atoms with Gasteiger partial charge in [-0.1, -0.05) is 23.9 Å². The molecule has 1 N–H and O–H groups in total. The van der Waals surface area contributed by atoms with Crippen LogP contribution in [0.4, 0.5) is 15.8 Å². The van der Waals surface area contributed by atoms with E-state index in [0.717, 1.165) is 11.3 Å². The summed E-state index contributed by atoms with van der Waals surface area (Å²) in [6, 6.07) is 20.1. The SMILES string of the molecule is COc1ccc(CN2C(=O)[C@H](CC(=O)Nc3ccc(F)cc3)SC2=Nc2ccc(OC)cc2)cc1. The number of hydrogen-bond acceptors (Lipinski definition) is 6. The number of aliphatic imine (C=N–C) groups is 1. The molecule has 3 aromatic rings. The number of nitrogens with zero attached hydrogens (tertiary/aromatic N) is 2. The highest BCUT2D eigenvalue weighted by molar-refractivity contribution is 8.15. The monoisotopic (exact) mass is 493 g/mol. The van der Waals surface area contributed by atoms with Crippen LogP contribution in [0.2, 0.25) is 0 Å². The van der Waals surface area contributed by atoms with E-state index in [9.17, 15) is 14.0 Å². The lowest BCUT2D eigenvalue weighted by atomic mass is 10.2. The molecule has 4 rings (SSSR count). The van der Waals surface area contributed by atoms with E-state index in [0.29, 0.717) is 28.8 Å². The standard InChI is InChI=1S/C26H24FN3O4S/c1-33-21-11-3-17(4-12-21)16-30-25(32)23(15-24(31)28-19-7-5-18(27)6-8-19)35-26(30)29-20-9-13-22(34-2)14-10-20/h3-14,23H,15-16H2,1-2H3,(H,28,31)/t23-/m0/s1. The lowest BCUT2D eigenvalue weighted by molar-refractivity contribution is -0.128. The predicted octanol–water partition coefficient (Wildman–Crippen LogP) is 5.00. The van der Waals surface area contributed by atoms with Gasteiger partial charge in [-0.25, -0.2) is 9.38 Å². The second-order valence-electron chi connectivity index (χ2n) is 7.73. The zero-order chi connectivity index (χ0) is 24.8. The van der Waals surface area contributed by atoms with Crippen molar-refractivity contribution < 1.29 is 23.5 Å². The van der Waals surface area contributed by atoms with Crippen LogP contribution < -0.4 is 14.8 Å². The minimum Gasteiger partial charge on any atom is -0.497 e. The van der Waals surface area contributed by atoms with Crippen molar-refractivity contribution in [2.75, 3.05) is 19.5 Å². The molecule has 1 saturated heterocycles. The average molecular weight is 494 g/mol. The summed E-state index contributed by atoms with van der Waals surface area (Å²) in [6.07, 6.45) is -0.0401. The van der Waals surface area contributed by atoms with Gasteiger partial charge in [-0.15, -0.1) is 0 Å². The third-order valence-corrected chi connectivity index (χ3v) is 6.49. The second kappa shape index (κ2) is 11.1. The summed E-state index contributed by atoms with van der Waals surface area (Å²) in [5, 5.41) is 2.59. The Morgan fingerprint density at radius 3 is 2.17 bits per heavy atom. The molecule has 0 bridgehead atoms. The summed E-state index contributed by atoms with van der Waals surface area (Å²) in [5.74, 6) is 0.496. The van der Waals surface area contributed by atoms with Crippen molar-refractivity contribution >= 4 is 40.1 Å². The van der Waals surface area contributed by atoms with Crippen LogP contribution in [0.1, 0.15) is 12.0 Å². The van der Waals surface area contributed by atoms with Gasteiger partial charge in [0.25, 0.3) is 0 Å². The Morgan fingerprint density at radius 2 is 1.57 bits per heavy atom. The average Bonchev–Trinajstić information content (AvgIpc) is 3.15. The number of methoxy groups -OCH3 is 2. The highest BCUT2D eigenvalue weighted by Crippen LogP contribution is 2.33. The maximum Gasteiger partial charge on any atom is 0.242 e. The van der Waals surface area contributed by atoms with E-state index in [1.165, 1.54) is 36.0 Å². The van der Waals surface area contributed by atoms with Crippen LogP contribution in [-0.4, -0.2) is 41.4 Å². The van der Waals surface area contributed by atoms with Crippen molar-refractivity contribution in [2.45, 2.75) is 18.2 Å². The molecular formula is C26H24FN3O4S. The van der Waals surface area contributed by atoms with E-state index in [1.54, 1.807) is 43.4 Å². The lowest BCUT2D eigenvalue weighted by Gasteiger charge is -2.17. The Morgan fingerprint density at radius 1 is 0.971 bits per heavy atom. The molecule has 0 spiro atoms. The van der Waals surface area contributed by atoms with E-state index in [4.69, 9.17) is 9.47 Å². The molecule has 7 nitrogen and oxygen atoms in total. The molecule has 0 unspecified atom stereocenters. The van der Waals surface area contributed by atoms with E-state index < -0.39 is 11.1 Å². The summed E-state index contributed by atoms with van der Waals surface area (Å²) < 4.78 is 23.5. The Kier molecular flexibility index (Phi) is 7.67. The van der Waals surface area contributed by atoms with E-state index in [2.05, 4.69) is 10.3 Å². The van der Waals surface area contributed by atoms with Gasteiger partial charge in [-0.05, 0) is 66.2 Å². The van der Waals surface area contributed by atoms with Gasteiger partial charge >= 0.3 is 0 Å². The van der Waals surface area contributed by atoms with E-state index >= 15 is 0 Å². The fourth-order valence-electron chi connectivity index (χ4n) is 3.46. The number of carbonyl (C=O) groups is 2. The summed E-state index contributed by atoms with van der Waals surface area (Å²) in [4.78, 5) is 32.2. The van der Waals surface area contributed by atoms with Crippen molar-refractivity contribution in [3.05, 3.63) is 84.2 Å². The number of carbonyl (C=O) groups excluding carboxylic acids is 2. The van der Waals surface area contributed by atoms with Crippen LogP contribution in [0.5, 0.6) is 11.5 Å². The van der Waals surface area contributed by atoms with Crippen LogP contribution in [0.15, 0.2) is 77.8 Å². The van der Waals surface area contributed by atoms with Gasteiger partial charge in [0.05, 0.1) is 26.5 Å². The maximum atomic E-state index is 13.3. The summed E-state index contributed by atoms with van der Waals surface area (Å²) >= 11 is 1.25. The van der Waals surface area contributed by atoms with E-state index in [-0.39, 0.29) is 18.2 Å².